The summed E-state index contributed by atoms with van der Waals surface area (Å²) in [6.45, 7) is 0.324. The van der Waals surface area contributed by atoms with E-state index in [1.165, 1.54) is 18.2 Å². The molecule has 6 heteroatoms. The summed E-state index contributed by atoms with van der Waals surface area (Å²) >= 11 is 0. The third-order valence-corrected chi connectivity index (χ3v) is 2.14. The van der Waals surface area contributed by atoms with Gasteiger partial charge in [0.15, 0.2) is 6.61 Å². The molecular formula is C11H12F3NO2. The van der Waals surface area contributed by atoms with E-state index in [9.17, 15) is 18.0 Å². The molecule has 0 aliphatic rings. The van der Waals surface area contributed by atoms with Gasteiger partial charge in [0.25, 0.3) is 0 Å². The Hall–Kier alpha value is -1.72. The molecule has 2 N–H and O–H groups in total. The predicted molar refractivity (Wildman–Crippen MR) is 55.9 cm³/mol. The number of primary amides is 1. The van der Waals surface area contributed by atoms with E-state index in [2.05, 4.69) is 4.74 Å². The van der Waals surface area contributed by atoms with Gasteiger partial charge in [-0.15, -0.1) is 0 Å². The molecule has 94 valence electrons. The van der Waals surface area contributed by atoms with Crippen molar-refractivity contribution in [2.45, 2.75) is 19.5 Å². The van der Waals surface area contributed by atoms with Gasteiger partial charge in [0.1, 0.15) is 5.75 Å². The number of carbonyl (C=O) groups excluding carboxylic acids is 1. The summed E-state index contributed by atoms with van der Waals surface area (Å²) in [5.74, 6) is -0.638. The van der Waals surface area contributed by atoms with Crippen LogP contribution in [0.15, 0.2) is 18.2 Å². The third kappa shape index (κ3) is 3.65. The fraction of sp³-hybridized carbons (Fsp3) is 0.364. The highest BCUT2D eigenvalue weighted by molar-refractivity contribution is 5.95. The van der Waals surface area contributed by atoms with Crippen LogP contribution in [-0.4, -0.2) is 18.7 Å². The normalized spacial score (nSPS) is 11.3. The molecule has 0 bridgehead atoms. The molecule has 1 amide bonds. The highest BCUT2D eigenvalue weighted by Gasteiger charge is 2.29. The first-order valence-electron chi connectivity index (χ1n) is 4.96. The second kappa shape index (κ2) is 5.07. The molecule has 1 rings (SSSR count). The molecular weight excluding hydrogens is 235 g/mol. The van der Waals surface area contributed by atoms with Gasteiger partial charge >= 0.3 is 6.18 Å². The average molecular weight is 247 g/mol. The van der Waals surface area contributed by atoms with Gasteiger partial charge in [-0.1, -0.05) is 13.0 Å². The molecule has 0 aromatic heterocycles. The molecule has 3 nitrogen and oxygen atoms in total. The Labute approximate surface area is 96.4 Å². The molecule has 1 aromatic carbocycles. The summed E-state index contributed by atoms with van der Waals surface area (Å²) in [4.78, 5) is 11.1. The fourth-order valence-corrected chi connectivity index (χ4v) is 1.46. The Kier molecular flexibility index (Phi) is 3.98. The van der Waals surface area contributed by atoms with Crippen LogP contribution >= 0.6 is 0 Å². The number of halogens is 3. The van der Waals surface area contributed by atoms with Crippen molar-refractivity contribution < 1.29 is 22.7 Å². The van der Waals surface area contributed by atoms with Gasteiger partial charge in [-0.25, -0.2) is 0 Å². The number of hydrogen-bond acceptors (Lipinski definition) is 2. The zero-order chi connectivity index (χ0) is 13.1. The molecule has 0 atom stereocenters. The minimum atomic E-state index is -4.41. The summed E-state index contributed by atoms with van der Waals surface area (Å²) in [5, 5.41) is 0. The molecule has 17 heavy (non-hydrogen) atoms. The Morgan fingerprint density at radius 2 is 2.06 bits per heavy atom. The summed E-state index contributed by atoms with van der Waals surface area (Å²) in [5.41, 5.74) is 5.70. The number of nitrogens with two attached hydrogens (primary N) is 1. The zero-order valence-corrected chi connectivity index (χ0v) is 9.17. The van der Waals surface area contributed by atoms with E-state index in [-0.39, 0.29) is 11.3 Å². The van der Waals surface area contributed by atoms with Gasteiger partial charge in [-0.05, 0) is 18.6 Å². The molecule has 0 unspecified atom stereocenters. The Bertz CT molecular complexity index is 416. The van der Waals surface area contributed by atoms with Crippen LogP contribution in [0.2, 0.25) is 0 Å². The van der Waals surface area contributed by atoms with E-state index in [0.717, 1.165) is 0 Å². The number of rotatable bonds is 4. The number of amides is 1. The summed E-state index contributed by atoms with van der Waals surface area (Å²) in [6.07, 6.45) is -4.04. The number of benzene rings is 1. The largest absolute Gasteiger partial charge is 0.484 e. The van der Waals surface area contributed by atoms with Gasteiger partial charge in [-0.2, -0.15) is 13.2 Å². The highest BCUT2D eigenvalue weighted by atomic mass is 19.4. The smallest absolute Gasteiger partial charge is 0.422 e. The van der Waals surface area contributed by atoms with Crippen molar-refractivity contribution in [3.05, 3.63) is 29.3 Å². The monoisotopic (exact) mass is 247 g/mol. The molecule has 0 spiro atoms. The van der Waals surface area contributed by atoms with Gasteiger partial charge in [0.05, 0.1) is 0 Å². The minimum absolute atomic E-state index is 0.0427. The quantitative estimate of drug-likeness (QED) is 0.887. The molecule has 1 aromatic rings. The fourth-order valence-electron chi connectivity index (χ4n) is 1.46. The lowest BCUT2D eigenvalue weighted by atomic mass is 10.0. The average Bonchev–Trinajstić information content (AvgIpc) is 2.24. The SMILES string of the molecule is CCc1c(OCC(F)(F)F)cccc1C(N)=O. The Balaban J connectivity index is 2.99. The van der Waals surface area contributed by atoms with Gasteiger partial charge in [0, 0.05) is 11.1 Å². The summed E-state index contributed by atoms with van der Waals surface area (Å²) in [6, 6.07) is 4.28. The van der Waals surface area contributed by atoms with E-state index in [1.54, 1.807) is 6.92 Å². The summed E-state index contributed by atoms with van der Waals surface area (Å²) < 4.78 is 40.7. The van der Waals surface area contributed by atoms with Gasteiger partial charge in [0.2, 0.25) is 5.91 Å². The predicted octanol–water partition coefficient (Wildman–Crippen LogP) is 2.29. The van der Waals surface area contributed by atoms with Crippen LogP contribution < -0.4 is 10.5 Å². The van der Waals surface area contributed by atoms with Crippen molar-refractivity contribution in [1.82, 2.24) is 0 Å². The van der Waals surface area contributed by atoms with Crippen molar-refractivity contribution >= 4 is 5.91 Å². The molecule has 0 fully saturated rings. The lowest BCUT2D eigenvalue weighted by Crippen LogP contribution is -2.21. The van der Waals surface area contributed by atoms with E-state index >= 15 is 0 Å². The van der Waals surface area contributed by atoms with Crippen molar-refractivity contribution in [2.24, 2.45) is 5.73 Å². The van der Waals surface area contributed by atoms with Crippen molar-refractivity contribution in [3.8, 4) is 5.75 Å². The molecule has 0 aliphatic carbocycles. The van der Waals surface area contributed by atoms with E-state index in [0.29, 0.717) is 12.0 Å². The van der Waals surface area contributed by atoms with Crippen molar-refractivity contribution in [3.63, 3.8) is 0 Å². The standard InChI is InChI=1S/C11H12F3NO2/c1-2-7-8(10(15)16)4-3-5-9(7)17-6-11(12,13)14/h3-5H,2,6H2,1H3,(H2,15,16). The lowest BCUT2D eigenvalue weighted by Gasteiger charge is -2.14. The van der Waals surface area contributed by atoms with Crippen LogP contribution in [0.4, 0.5) is 13.2 Å². The van der Waals surface area contributed by atoms with Crippen LogP contribution in [-0.2, 0) is 6.42 Å². The first kappa shape index (κ1) is 13.3. The van der Waals surface area contributed by atoms with Crippen LogP contribution in [0.3, 0.4) is 0 Å². The van der Waals surface area contributed by atoms with E-state index in [1.807, 2.05) is 0 Å². The maximum Gasteiger partial charge on any atom is 0.422 e. The minimum Gasteiger partial charge on any atom is -0.484 e. The van der Waals surface area contributed by atoms with E-state index < -0.39 is 18.7 Å². The Morgan fingerprint density at radius 1 is 1.41 bits per heavy atom. The van der Waals surface area contributed by atoms with Crippen LogP contribution in [0.25, 0.3) is 0 Å². The van der Waals surface area contributed by atoms with E-state index in [4.69, 9.17) is 5.73 Å². The van der Waals surface area contributed by atoms with Crippen LogP contribution in [0.1, 0.15) is 22.8 Å². The second-order valence-corrected chi connectivity index (χ2v) is 3.40. The second-order valence-electron chi connectivity index (χ2n) is 3.40. The number of carbonyl (C=O) groups is 1. The molecule has 0 radical (unpaired) electrons. The topological polar surface area (TPSA) is 52.3 Å². The third-order valence-electron chi connectivity index (χ3n) is 2.14. The molecule has 0 saturated heterocycles. The number of alkyl halides is 3. The summed E-state index contributed by atoms with van der Waals surface area (Å²) in [7, 11) is 0. The molecule has 0 aliphatic heterocycles. The maximum atomic E-state index is 12.0. The Morgan fingerprint density at radius 3 is 2.53 bits per heavy atom. The van der Waals surface area contributed by atoms with Crippen molar-refractivity contribution in [2.75, 3.05) is 6.61 Å². The number of hydrogen-bond donors (Lipinski definition) is 1. The number of ether oxygens (including phenoxy) is 1. The highest BCUT2D eigenvalue weighted by Crippen LogP contribution is 2.25. The van der Waals surface area contributed by atoms with Gasteiger partial charge in [-0.3, -0.25) is 4.79 Å². The zero-order valence-electron chi connectivity index (χ0n) is 9.17. The first-order valence-corrected chi connectivity index (χ1v) is 4.96. The first-order chi connectivity index (χ1) is 7.85. The molecule has 0 saturated carbocycles. The van der Waals surface area contributed by atoms with Crippen LogP contribution in [0, 0.1) is 0 Å². The maximum absolute atomic E-state index is 12.0. The van der Waals surface area contributed by atoms with Gasteiger partial charge < -0.3 is 10.5 Å². The van der Waals surface area contributed by atoms with Crippen LogP contribution in [0.5, 0.6) is 5.75 Å². The lowest BCUT2D eigenvalue weighted by molar-refractivity contribution is -0.153. The molecule has 0 heterocycles. The van der Waals surface area contributed by atoms with Crippen molar-refractivity contribution in [1.29, 1.82) is 0 Å².